The van der Waals surface area contributed by atoms with Gasteiger partial charge < -0.3 is 9.90 Å². The average molecular weight is 192 g/mol. The molecule has 0 aliphatic heterocycles. The Kier molecular flexibility index (Phi) is 1.67. The van der Waals surface area contributed by atoms with Crippen molar-refractivity contribution in [3.63, 3.8) is 0 Å². The van der Waals surface area contributed by atoms with Crippen molar-refractivity contribution >= 4 is 6.29 Å². The van der Waals surface area contributed by atoms with Crippen LogP contribution in [-0.2, 0) is 4.79 Å². The van der Waals surface area contributed by atoms with Crippen LogP contribution < -0.4 is 0 Å². The van der Waals surface area contributed by atoms with Crippen LogP contribution in [0.3, 0.4) is 0 Å². The minimum Gasteiger partial charge on any atom is -0.389 e. The highest BCUT2D eigenvalue weighted by Gasteiger charge is 2.60. The van der Waals surface area contributed by atoms with Crippen LogP contribution in [0.25, 0.3) is 0 Å². The van der Waals surface area contributed by atoms with Crippen molar-refractivity contribution in [2.24, 2.45) is 23.2 Å². The highest BCUT2D eigenvalue weighted by Crippen LogP contribution is 2.64. The lowest BCUT2D eigenvalue weighted by Crippen LogP contribution is -2.37. The van der Waals surface area contributed by atoms with Gasteiger partial charge in [-0.1, -0.05) is 12.2 Å². The van der Waals surface area contributed by atoms with Gasteiger partial charge >= 0.3 is 0 Å². The zero-order chi connectivity index (χ0) is 9.76. The van der Waals surface area contributed by atoms with Gasteiger partial charge in [-0.05, 0) is 31.1 Å². The summed E-state index contributed by atoms with van der Waals surface area (Å²) < 4.78 is 0. The van der Waals surface area contributed by atoms with Crippen LogP contribution in [0.4, 0.5) is 0 Å². The second-order valence-corrected chi connectivity index (χ2v) is 5.13. The number of aldehydes is 1. The molecule has 2 bridgehead atoms. The third kappa shape index (κ3) is 0.830. The molecule has 0 aromatic heterocycles. The quantitative estimate of drug-likeness (QED) is 0.532. The Labute approximate surface area is 84.0 Å². The SMILES string of the molecule is O=CCC12C=CC(O)C1C1CCC2C1. The lowest BCUT2D eigenvalue weighted by Gasteiger charge is -2.38. The molecule has 5 atom stereocenters. The van der Waals surface area contributed by atoms with Crippen LogP contribution in [0.15, 0.2) is 12.2 Å². The lowest BCUT2D eigenvalue weighted by molar-refractivity contribution is -0.111. The Morgan fingerprint density at radius 2 is 2.36 bits per heavy atom. The number of hydrogen-bond donors (Lipinski definition) is 1. The molecule has 0 amide bonds. The van der Waals surface area contributed by atoms with E-state index in [1.165, 1.54) is 19.3 Å². The molecule has 0 aromatic rings. The molecule has 3 rings (SSSR count). The van der Waals surface area contributed by atoms with Crippen molar-refractivity contribution in [1.29, 1.82) is 0 Å². The van der Waals surface area contributed by atoms with Gasteiger partial charge in [0, 0.05) is 17.8 Å². The first-order chi connectivity index (χ1) is 6.78. The largest absolute Gasteiger partial charge is 0.389 e. The molecule has 3 aliphatic carbocycles. The molecular weight excluding hydrogens is 176 g/mol. The van der Waals surface area contributed by atoms with Gasteiger partial charge in [-0.15, -0.1) is 0 Å². The number of carbonyl (C=O) groups is 1. The minimum absolute atomic E-state index is 0.0457. The topological polar surface area (TPSA) is 37.3 Å². The summed E-state index contributed by atoms with van der Waals surface area (Å²) in [6.45, 7) is 0. The van der Waals surface area contributed by atoms with E-state index in [1.807, 2.05) is 6.08 Å². The summed E-state index contributed by atoms with van der Waals surface area (Å²) in [5.74, 6) is 1.69. The Morgan fingerprint density at radius 3 is 3.14 bits per heavy atom. The number of hydrogen-bond acceptors (Lipinski definition) is 2. The maximum absolute atomic E-state index is 10.8. The van der Waals surface area contributed by atoms with Crippen LogP contribution in [0.2, 0.25) is 0 Å². The van der Waals surface area contributed by atoms with Gasteiger partial charge in [-0.25, -0.2) is 0 Å². The van der Waals surface area contributed by atoms with Crippen molar-refractivity contribution in [1.82, 2.24) is 0 Å². The van der Waals surface area contributed by atoms with E-state index in [2.05, 4.69) is 6.08 Å². The maximum atomic E-state index is 10.8. The lowest BCUT2D eigenvalue weighted by atomic mass is 9.66. The number of fused-ring (bicyclic) bond motifs is 5. The van der Waals surface area contributed by atoms with Crippen molar-refractivity contribution < 1.29 is 9.90 Å². The van der Waals surface area contributed by atoms with Gasteiger partial charge in [0.2, 0.25) is 0 Å². The fraction of sp³-hybridized carbons (Fsp3) is 0.750. The van der Waals surface area contributed by atoms with Gasteiger partial charge in [0.05, 0.1) is 6.10 Å². The standard InChI is InChI=1S/C12H16O2/c13-6-5-12-4-3-10(14)11(12)8-1-2-9(12)7-8/h3-4,6,8-11,14H,1-2,5,7H2. The Bertz CT molecular complexity index is 297. The van der Waals surface area contributed by atoms with Crippen molar-refractivity contribution in [3.8, 4) is 0 Å². The van der Waals surface area contributed by atoms with E-state index >= 15 is 0 Å². The van der Waals surface area contributed by atoms with Gasteiger partial charge in [-0.3, -0.25) is 0 Å². The van der Waals surface area contributed by atoms with E-state index in [1.54, 1.807) is 0 Å². The van der Waals surface area contributed by atoms with Crippen LogP contribution in [0, 0.1) is 23.2 Å². The number of aliphatic hydroxyl groups excluding tert-OH is 1. The highest BCUT2D eigenvalue weighted by molar-refractivity contribution is 5.53. The molecule has 2 nitrogen and oxygen atoms in total. The smallest absolute Gasteiger partial charge is 0.120 e. The van der Waals surface area contributed by atoms with Crippen molar-refractivity contribution in [2.45, 2.75) is 31.8 Å². The molecule has 5 unspecified atom stereocenters. The first-order valence-electron chi connectivity index (χ1n) is 5.59. The first-order valence-corrected chi connectivity index (χ1v) is 5.59. The summed E-state index contributed by atoms with van der Waals surface area (Å²) in [7, 11) is 0. The van der Waals surface area contributed by atoms with Crippen molar-refractivity contribution in [3.05, 3.63) is 12.2 Å². The summed E-state index contributed by atoms with van der Waals surface area (Å²) in [6, 6.07) is 0. The van der Waals surface area contributed by atoms with E-state index in [0.717, 1.165) is 6.29 Å². The molecule has 2 saturated carbocycles. The Morgan fingerprint density at radius 1 is 1.50 bits per heavy atom. The van der Waals surface area contributed by atoms with E-state index in [-0.39, 0.29) is 11.5 Å². The van der Waals surface area contributed by atoms with Gasteiger partial charge in [0.15, 0.2) is 0 Å². The number of aliphatic hydroxyl groups is 1. The van der Waals surface area contributed by atoms with E-state index in [0.29, 0.717) is 24.2 Å². The fourth-order valence-electron chi connectivity index (χ4n) is 4.30. The fourth-order valence-corrected chi connectivity index (χ4v) is 4.30. The van der Waals surface area contributed by atoms with Crippen LogP contribution in [0.5, 0.6) is 0 Å². The van der Waals surface area contributed by atoms with E-state index in [4.69, 9.17) is 0 Å². The molecule has 0 heterocycles. The Balaban J connectivity index is 2.00. The molecule has 0 saturated heterocycles. The minimum atomic E-state index is -0.287. The summed E-state index contributed by atoms with van der Waals surface area (Å²) in [4.78, 5) is 10.8. The first kappa shape index (κ1) is 8.66. The number of rotatable bonds is 2. The van der Waals surface area contributed by atoms with Crippen LogP contribution in [-0.4, -0.2) is 17.5 Å². The molecule has 14 heavy (non-hydrogen) atoms. The monoisotopic (exact) mass is 192 g/mol. The molecule has 2 fully saturated rings. The summed E-state index contributed by atoms with van der Waals surface area (Å²) in [5.41, 5.74) is 0.0457. The molecular formula is C12H16O2. The molecule has 0 radical (unpaired) electrons. The predicted octanol–water partition coefficient (Wildman–Crippen LogP) is 1.54. The highest BCUT2D eigenvalue weighted by atomic mass is 16.3. The zero-order valence-electron chi connectivity index (χ0n) is 8.23. The van der Waals surface area contributed by atoms with E-state index < -0.39 is 0 Å². The van der Waals surface area contributed by atoms with E-state index in [9.17, 15) is 9.90 Å². The molecule has 76 valence electrons. The van der Waals surface area contributed by atoms with Crippen LogP contribution in [0.1, 0.15) is 25.7 Å². The molecule has 2 heteroatoms. The molecule has 1 N–H and O–H groups in total. The normalized spacial score (nSPS) is 53.8. The summed E-state index contributed by atoms with van der Waals surface area (Å²) >= 11 is 0. The van der Waals surface area contributed by atoms with Gasteiger partial charge in [-0.2, -0.15) is 0 Å². The maximum Gasteiger partial charge on any atom is 0.120 e. The number of allylic oxidation sites excluding steroid dienone is 1. The summed E-state index contributed by atoms with van der Waals surface area (Å²) in [6.07, 6.45) is 9.17. The summed E-state index contributed by atoms with van der Waals surface area (Å²) in [5, 5.41) is 9.91. The average Bonchev–Trinajstić information content (AvgIpc) is 2.79. The molecule has 0 spiro atoms. The van der Waals surface area contributed by atoms with Crippen molar-refractivity contribution in [2.75, 3.05) is 0 Å². The second kappa shape index (κ2) is 2.69. The second-order valence-electron chi connectivity index (χ2n) is 5.13. The van der Waals surface area contributed by atoms with Crippen LogP contribution >= 0.6 is 0 Å². The third-order valence-electron chi connectivity index (χ3n) is 4.77. The number of carbonyl (C=O) groups excluding carboxylic acids is 1. The predicted molar refractivity (Wildman–Crippen MR) is 52.6 cm³/mol. The van der Waals surface area contributed by atoms with Gasteiger partial charge in [0.1, 0.15) is 6.29 Å². The molecule has 3 aliphatic rings. The van der Waals surface area contributed by atoms with Gasteiger partial charge in [0.25, 0.3) is 0 Å². The third-order valence-corrected chi connectivity index (χ3v) is 4.77. The zero-order valence-corrected chi connectivity index (χ0v) is 8.23. The molecule has 0 aromatic carbocycles. The Hall–Kier alpha value is -0.630.